The van der Waals surface area contributed by atoms with E-state index in [0.717, 1.165) is 32.9 Å². The molecule has 0 aliphatic carbocycles. The van der Waals surface area contributed by atoms with Crippen molar-refractivity contribution in [1.82, 2.24) is 9.29 Å². The number of nitrogens with one attached hydrogen (secondary N) is 1. The summed E-state index contributed by atoms with van der Waals surface area (Å²) < 4.78 is 46.4. The summed E-state index contributed by atoms with van der Waals surface area (Å²) in [7, 11) is -4.07. The quantitative estimate of drug-likeness (QED) is 0.689. The molecule has 30 heavy (non-hydrogen) atoms. The molecular weight excluding hydrogens is 409 g/mol. The molecule has 1 N–H and O–H groups in total. The van der Waals surface area contributed by atoms with Crippen LogP contribution in [0, 0.1) is 12.7 Å². The fourth-order valence-electron chi connectivity index (χ4n) is 3.39. The predicted molar refractivity (Wildman–Crippen MR) is 110 cm³/mol. The molecule has 3 aromatic rings. The molecule has 2 aromatic carbocycles. The van der Waals surface area contributed by atoms with Crippen LogP contribution in [-0.4, -0.2) is 49.9 Å². The average Bonchev–Trinajstić information content (AvgIpc) is 2.76. The Kier molecular flexibility index (Phi) is 5.50. The zero-order valence-corrected chi connectivity index (χ0v) is 17.1. The third-order valence-corrected chi connectivity index (χ3v) is 6.91. The van der Waals surface area contributed by atoms with Crippen LogP contribution in [0.15, 0.2) is 53.6 Å². The van der Waals surface area contributed by atoms with E-state index in [9.17, 15) is 17.6 Å². The summed E-state index contributed by atoms with van der Waals surface area (Å²) in [5, 5.41) is 3.53. The molecule has 0 saturated carbocycles. The predicted octanol–water partition coefficient (Wildman–Crippen LogP) is 2.96. The Morgan fingerprint density at radius 1 is 1.17 bits per heavy atom. The zero-order chi connectivity index (χ0) is 21.3. The fraction of sp³-hybridized carbons (Fsp3) is 0.238. The van der Waals surface area contributed by atoms with Crippen molar-refractivity contribution in [3.05, 3.63) is 65.6 Å². The van der Waals surface area contributed by atoms with E-state index in [4.69, 9.17) is 4.74 Å². The van der Waals surface area contributed by atoms with Crippen molar-refractivity contribution in [3.63, 3.8) is 0 Å². The number of carbonyl (C=O) groups excluding carboxylic acids is 1. The summed E-state index contributed by atoms with van der Waals surface area (Å²) in [6.45, 7) is 2.69. The molecule has 1 aliphatic heterocycles. The van der Waals surface area contributed by atoms with Crippen molar-refractivity contribution in [2.24, 2.45) is 0 Å². The highest BCUT2D eigenvalue weighted by Crippen LogP contribution is 2.26. The molecule has 1 aromatic heterocycles. The molecule has 1 amide bonds. The summed E-state index contributed by atoms with van der Waals surface area (Å²) in [5.74, 6) is -1.44. The molecule has 0 bridgehead atoms. The Morgan fingerprint density at radius 2 is 1.93 bits per heavy atom. The van der Waals surface area contributed by atoms with Gasteiger partial charge in [-0.05, 0) is 48.9 Å². The van der Waals surface area contributed by atoms with Gasteiger partial charge in [-0.3, -0.25) is 9.78 Å². The molecular formula is C21H20FN3O4S. The average molecular weight is 429 g/mol. The SMILES string of the molecule is Cc1ccc(NC(=O)c2ccc(F)c(S(=O)(=O)N3CCOCC3)c2)c2cccnc12. The van der Waals surface area contributed by atoms with Gasteiger partial charge < -0.3 is 10.1 Å². The molecule has 0 radical (unpaired) electrons. The summed E-state index contributed by atoms with van der Waals surface area (Å²) in [5.41, 5.74) is 2.30. The van der Waals surface area contributed by atoms with E-state index in [1.807, 2.05) is 19.1 Å². The van der Waals surface area contributed by atoms with E-state index in [0.29, 0.717) is 5.69 Å². The number of fused-ring (bicyclic) bond motifs is 1. The number of pyridine rings is 1. The van der Waals surface area contributed by atoms with Gasteiger partial charge in [-0.1, -0.05) is 6.07 Å². The van der Waals surface area contributed by atoms with E-state index in [-0.39, 0.29) is 31.9 Å². The lowest BCUT2D eigenvalue weighted by Crippen LogP contribution is -2.41. The molecule has 0 atom stereocenters. The highest BCUT2D eigenvalue weighted by Gasteiger charge is 2.29. The largest absolute Gasteiger partial charge is 0.379 e. The van der Waals surface area contributed by atoms with Crippen LogP contribution in [0.25, 0.3) is 10.9 Å². The highest BCUT2D eigenvalue weighted by molar-refractivity contribution is 7.89. The molecule has 1 aliphatic rings. The summed E-state index contributed by atoms with van der Waals surface area (Å²) in [4.78, 5) is 16.6. The number of benzene rings is 2. The van der Waals surface area contributed by atoms with Gasteiger partial charge in [0.15, 0.2) is 0 Å². The minimum Gasteiger partial charge on any atom is -0.379 e. The second-order valence-electron chi connectivity index (χ2n) is 6.95. The highest BCUT2D eigenvalue weighted by atomic mass is 32.2. The molecule has 1 saturated heterocycles. The van der Waals surface area contributed by atoms with Crippen molar-refractivity contribution in [3.8, 4) is 0 Å². The molecule has 0 unspecified atom stereocenters. The minimum absolute atomic E-state index is 0.0425. The maximum absolute atomic E-state index is 14.4. The summed E-state index contributed by atoms with van der Waals surface area (Å²) >= 11 is 0. The van der Waals surface area contributed by atoms with Gasteiger partial charge in [0.1, 0.15) is 10.7 Å². The molecule has 156 valence electrons. The van der Waals surface area contributed by atoms with Gasteiger partial charge in [-0.2, -0.15) is 4.31 Å². The Morgan fingerprint density at radius 3 is 2.70 bits per heavy atom. The van der Waals surface area contributed by atoms with Crippen molar-refractivity contribution in [2.75, 3.05) is 31.6 Å². The molecule has 4 rings (SSSR count). The van der Waals surface area contributed by atoms with Crippen molar-refractivity contribution < 1.29 is 22.3 Å². The monoisotopic (exact) mass is 429 g/mol. The van der Waals surface area contributed by atoms with E-state index in [1.54, 1.807) is 18.3 Å². The van der Waals surface area contributed by atoms with Crippen LogP contribution in [0.4, 0.5) is 10.1 Å². The van der Waals surface area contributed by atoms with Gasteiger partial charge in [0.2, 0.25) is 10.0 Å². The number of hydrogen-bond donors (Lipinski definition) is 1. The van der Waals surface area contributed by atoms with E-state index < -0.39 is 26.6 Å². The van der Waals surface area contributed by atoms with Crippen LogP contribution in [0.2, 0.25) is 0 Å². The maximum Gasteiger partial charge on any atom is 0.255 e. The summed E-state index contributed by atoms with van der Waals surface area (Å²) in [6, 6.07) is 10.5. The number of morpholine rings is 1. The van der Waals surface area contributed by atoms with Crippen LogP contribution < -0.4 is 5.32 Å². The lowest BCUT2D eigenvalue weighted by Gasteiger charge is -2.26. The first-order chi connectivity index (χ1) is 14.4. The number of rotatable bonds is 4. The number of ether oxygens (including phenoxy) is 1. The number of aryl methyl sites for hydroxylation is 1. The van der Waals surface area contributed by atoms with E-state index in [1.165, 1.54) is 6.07 Å². The van der Waals surface area contributed by atoms with Crippen molar-refractivity contribution >= 4 is 32.5 Å². The third kappa shape index (κ3) is 3.79. The number of hydrogen-bond acceptors (Lipinski definition) is 5. The van der Waals surface area contributed by atoms with Crippen molar-refractivity contribution in [2.45, 2.75) is 11.8 Å². The maximum atomic E-state index is 14.4. The first-order valence-electron chi connectivity index (χ1n) is 9.41. The van der Waals surface area contributed by atoms with Gasteiger partial charge in [-0.25, -0.2) is 12.8 Å². The topological polar surface area (TPSA) is 88.6 Å². The lowest BCUT2D eigenvalue weighted by molar-refractivity contribution is 0.0729. The second-order valence-corrected chi connectivity index (χ2v) is 8.85. The Bertz CT molecular complexity index is 1220. The molecule has 7 nitrogen and oxygen atoms in total. The zero-order valence-electron chi connectivity index (χ0n) is 16.3. The molecule has 9 heteroatoms. The number of nitrogens with zero attached hydrogens (tertiary/aromatic N) is 2. The van der Waals surface area contributed by atoms with Gasteiger partial charge in [0.05, 0.1) is 24.4 Å². The van der Waals surface area contributed by atoms with Crippen LogP contribution in [0.3, 0.4) is 0 Å². The smallest absolute Gasteiger partial charge is 0.255 e. The second kappa shape index (κ2) is 8.10. The van der Waals surface area contributed by atoms with Gasteiger partial charge in [-0.15, -0.1) is 0 Å². The first kappa shape index (κ1) is 20.4. The standard InChI is InChI=1S/C21H20FN3O4S/c1-14-4-7-18(16-3-2-8-23-20(14)16)24-21(26)15-5-6-17(22)19(13-15)30(27,28)25-9-11-29-12-10-25/h2-8,13H,9-12H2,1H3,(H,24,26). The van der Waals surface area contributed by atoms with Crippen LogP contribution in [0.1, 0.15) is 15.9 Å². The molecule has 1 fully saturated rings. The third-order valence-electron chi connectivity index (χ3n) is 5.00. The van der Waals surface area contributed by atoms with Gasteiger partial charge in [0, 0.05) is 30.2 Å². The number of halogens is 1. The van der Waals surface area contributed by atoms with Gasteiger partial charge >= 0.3 is 0 Å². The van der Waals surface area contributed by atoms with Crippen LogP contribution >= 0.6 is 0 Å². The number of amides is 1. The van der Waals surface area contributed by atoms with Crippen molar-refractivity contribution in [1.29, 1.82) is 0 Å². The first-order valence-corrected chi connectivity index (χ1v) is 10.8. The Hall–Kier alpha value is -2.88. The van der Waals surface area contributed by atoms with Gasteiger partial charge in [0.25, 0.3) is 5.91 Å². The van der Waals surface area contributed by atoms with Crippen LogP contribution in [-0.2, 0) is 14.8 Å². The number of carbonyl (C=O) groups is 1. The normalized spacial score (nSPS) is 15.3. The minimum atomic E-state index is -4.07. The number of sulfonamides is 1. The molecule has 0 spiro atoms. The van der Waals surface area contributed by atoms with E-state index >= 15 is 0 Å². The lowest BCUT2D eigenvalue weighted by atomic mass is 10.1. The Balaban J connectivity index is 1.66. The number of aromatic nitrogens is 1. The fourth-order valence-corrected chi connectivity index (χ4v) is 4.88. The molecule has 2 heterocycles. The number of anilines is 1. The van der Waals surface area contributed by atoms with Crippen LogP contribution in [0.5, 0.6) is 0 Å². The van der Waals surface area contributed by atoms with E-state index in [2.05, 4.69) is 10.3 Å². The summed E-state index contributed by atoms with van der Waals surface area (Å²) in [6.07, 6.45) is 1.67. The Labute approximate surface area is 173 Å².